The molecular formula is C69H114O6. The third-order valence-corrected chi connectivity index (χ3v) is 13.0. The quantitative estimate of drug-likeness (QED) is 0.0261. The van der Waals surface area contributed by atoms with Crippen molar-refractivity contribution in [3.05, 3.63) is 122 Å². The highest BCUT2D eigenvalue weighted by Gasteiger charge is 2.19. The Morgan fingerprint density at radius 1 is 0.280 bits per heavy atom. The summed E-state index contributed by atoms with van der Waals surface area (Å²) >= 11 is 0. The zero-order valence-electron chi connectivity index (χ0n) is 48.8. The van der Waals surface area contributed by atoms with E-state index < -0.39 is 6.10 Å². The Morgan fingerprint density at radius 3 is 0.840 bits per heavy atom. The standard InChI is InChI=1S/C69H114O6/c1-4-7-10-13-16-19-21-23-25-27-29-31-32-33-34-35-36-38-39-41-43-45-47-50-53-56-59-62-68(71)74-65-66(64-73-67(70)61-58-55-52-49-18-15-12-9-6-3)75-69(72)63-60-57-54-51-48-46-44-42-40-37-30-28-26-24-22-20-17-14-11-8-5-2/h7,10,16,19,22-25,28-31,33-34,36,38,41,43,47,50,66H,4-6,8-9,11-15,17-18,20-21,26-27,32,35,37,39-40,42,44-46,48-49,51-65H2,1-3H3/b10-7-,19-16-,24-22-,25-23-,30-28-,31-29-,34-33-,38-36-,43-41-,50-47-. The van der Waals surface area contributed by atoms with E-state index in [2.05, 4.69) is 142 Å². The van der Waals surface area contributed by atoms with Crippen molar-refractivity contribution in [1.29, 1.82) is 0 Å². The summed E-state index contributed by atoms with van der Waals surface area (Å²) in [5.74, 6) is -0.945. The molecular weight excluding hydrogens is 925 g/mol. The molecule has 0 saturated heterocycles. The molecule has 6 nitrogen and oxygen atoms in total. The Labute approximate surface area is 462 Å². The van der Waals surface area contributed by atoms with Crippen molar-refractivity contribution in [2.75, 3.05) is 13.2 Å². The lowest BCUT2D eigenvalue weighted by atomic mass is 10.1. The SMILES string of the molecule is CC/C=C\C/C=C\C/C=C\C/C=C\C/C=C\C/C=C\C/C=C\C/C=C\CCCCC(=O)OCC(COC(=O)CCCCCCCCCCC)OC(=O)CCCCCCCCCCC/C=C\C/C=C\CCCCCCC. The predicted molar refractivity (Wildman–Crippen MR) is 325 cm³/mol. The van der Waals surface area contributed by atoms with Crippen LogP contribution in [0.2, 0.25) is 0 Å². The molecule has 0 aromatic rings. The molecule has 0 fully saturated rings. The number of ether oxygens (including phenoxy) is 3. The zero-order chi connectivity index (χ0) is 54.3. The van der Waals surface area contributed by atoms with Crippen molar-refractivity contribution in [2.24, 2.45) is 0 Å². The number of hydrogen-bond acceptors (Lipinski definition) is 6. The fraction of sp³-hybridized carbons (Fsp3) is 0.667. The summed E-state index contributed by atoms with van der Waals surface area (Å²) in [7, 11) is 0. The summed E-state index contributed by atoms with van der Waals surface area (Å²) in [5, 5.41) is 0. The molecule has 0 aliphatic heterocycles. The van der Waals surface area contributed by atoms with Gasteiger partial charge in [-0.15, -0.1) is 0 Å². The number of carbonyl (C=O) groups excluding carboxylic acids is 3. The highest BCUT2D eigenvalue weighted by Crippen LogP contribution is 2.15. The van der Waals surface area contributed by atoms with Crippen LogP contribution in [0.1, 0.15) is 278 Å². The van der Waals surface area contributed by atoms with Gasteiger partial charge in [0, 0.05) is 19.3 Å². The Morgan fingerprint density at radius 2 is 0.520 bits per heavy atom. The highest BCUT2D eigenvalue weighted by atomic mass is 16.6. The molecule has 1 atom stereocenters. The molecule has 0 N–H and O–H groups in total. The van der Waals surface area contributed by atoms with E-state index in [0.29, 0.717) is 19.3 Å². The molecule has 0 heterocycles. The molecule has 0 rings (SSSR count). The second-order valence-electron chi connectivity index (χ2n) is 20.2. The van der Waals surface area contributed by atoms with Crippen LogP contribution in [0.5, 0.6) is 0 Å². The van der Waals surface area contributed by atoms with Gasteiger partial charge < -0.3 is 14.2 Å². The minimum Gasteiger partial charge on any atom is -0.462 e. The molecule has 0 spiro atoms. The van der Waals surface area contributed by atoms with E-state index in [1.807, 2.05) is 0 Å². The molecule has 0 bridgehead atoms. The van der Waals surface area contributed by atoms with Crippen molar-refractivity contribution in [3.8, 4) is 0 Å². The van der Waals surface area contributed by atoms with E-state index in [1.54, 1.807) is 0 Å². The Bertz CT molecular complexity index is 1570. The van der Waals surface area contributed by atoms with Gasteiger partial charge in [0.15, 0.2) is 6.10 Å². The van der Waals surface area contributed by atoms with Crippen LogP contribution >= 0.6 is 0 Å². The van der Waals surface area contributed by atoms with Crippen LogP contribution in [0.3, 0.4) is 0 Å². The molecule has 75 heavy (non-hydrogen) atoms. The Hall–Kier alpha value is -4.19. The summed E-state index contributed by atoms with van der Waals surface area (Å²) in [6, 6.07) is 0. The third-order valence-electron chi connectivity index (χ3n) is 13.0. The largest absolute Gasteiger partial charge is 0.462 e. The maximum absolute atomic E-state index is 12.9. The first-order chi connectivity index (χ1) is 37.0. The van der Waals surface area contributed by atoms with Gasteiger partial charge in [-0.25, -0.2) is 0 Å². The van der Waals surface area contributed by atoms with Gasteiger partial charge in [-0.3, -0.25) is 14.4 Å². The van der Waals surface area contributed by atoms with Crippen LogP contribution in [0.25, 0.3) is 0 Å². The second kappa shape index (κ2) is 62.4. The topological polar surface area (TPSA) is 78.9 Å². The van der Waals surface area contributed by atoms with E-state index in [1.165, 1.54) is 122 Å². The monoisotopic (exact) mass is 1040 g/mol. The Balaban J connectivity index is 4.35. The number of unbranched alkanes of at least 4 members (excludes halogenated alkanes) is 24. The van der Waals surface area contributed by atoms with E-state index >= 15 is 0 Å². The molecule has 0 saturated carbocycles. The van der Waals surface area contributed by atoms with Gasteiger partial charge in [-0.05, 0) is 116 Å². The second-order valence-corrected chi connectivity index (χ2v) is 20.2. The highest BCUT2D eigenvalue weighted by molar-refractivity contribution is 5.71. The summed E-state index contributed by atoms with van der Waals surface area (Å²) in [6.07, 6.45) is 86.4. The van der Waals surface area contributed by atoms with Gasteiger partial charge in [0.1, 0.15) is 13.2 Å². The predicted octanol–water partition coefficient (Wildman–Crippen LogP) is 21.2. The van der Waals surface area contributed by atoms with Crippen LogP contribution in [-0.2, 0) is 28.6 Å². The first-order valence-electron chi connectivity index (χ1n) is 31.0. The lowest BCUT2D eigenvalue weighted by Gasteiger charge is -2.18. The first kappa shape index (κ1) is 70.8. The van der Waals surface area contributed by atoms with E-state index in [0.717, 1.165) is 116 Å². The van der Waals surface area contributed by atoms with Crippen molar-refractivity contribution >= 4 is 17.9 Å². The maximum atomic E-state index is 12.9. The fourth-order valence-corrected chi connectivity index (χ4v) is 8.31. The average molecular weight is 1040 g/mol. The van der Waals surface area contributed by atoms with E-state index in [9.17, 15) is 14.4 Å². The van der Waals surface area contributed by atoms with Crippen LogP contribution in [0, 0.1) is 0 Å². The van der Waals surface area contributed by atoms with Crippen LogP contribution in [-0.4, -0.2) is 37.2 Å². The molecule has 0 radical (unpaired) electrons. The van der Waals surface area contributed by atoms with E-state index in [-0.39, 0.29) is 31.1 Å². The number of rotatable bonds is 55. The van der Waals surface area contributed by atoms with Crippen LogP contribution in [0.4, 0.5) is 0 Å². The lowest BCUT2D eigenvalue weighted by molar-refractivity contribution is -0.167. The van der Waals surface area contributed by atoms with Gasteiger partial charge in [-0.1, -0.05) is 264 Å². The zero-order valence-corrected chi connectivity index (χ0v) is 48.8. The van der Waals surface area contributed by atoms with Crippen LogP contribution in [0.15, 0.2) is 122 Å². The van der Waals surface area contributed by atoms with Crippen molar-refractivity contribution in [2.45, 2.75) is 284 Å². The molecule has 426 valence electrons. The summed E-state index contributed by atoms with van der Waals surface area (Å²) in [5.41, 5.74) is 0. The lowest BCUT2D eigenvalue weighted by Crippen LogP contribution is -2.30. The molecule has 0 aliphatic carbocycles. The molecule has 6 heteroatoms. The minimum atomic E-state index is -0.800. The van der Waals surface area contributed by atoms with Gasteiger partial charge in [0.25, 0.3) is 0 Å². The molecule has 0 aliphatic rings. The Kier molecular flexibility index (Phi) is 58.9. The average Bonchev–Trinajstić information content (AvgIpc) is 3.41. The van der Waals surface area contributed by atoms with Gasteiger partial charge in [0.05, 0.1) is 0 Å². The van der Waals surface area contributed by atoms with Gasteiger partial charge >= 0.3 is 17.9 Å². The van der Waals surface area contributed by atoms with Gasteiger partial charge in [0.2, 0.25) is 0 Å². The van der Waals surface area contributed by atoms with Crippen molar-refractivity contribution < 1.29 is 28.6 Å². The number of hydrogen-bond donors (Lipinski definition) is 0. The number of carbonyl (C=O) groups is 3. The summed E-state index contributed by atoms with van der Waals surface area (Å²) in [6.45, 7) is 6.46. The molecule has 0 aromatic carbocycles. The first-order valence-corrected chi connectivity index (χ1v) is 31.0. The molecule has 0 aromatic heterocycles. The minimum absolute atomic E-state index is 0.0944. The molecule has 0 amide bonds. The normalized spacial score (nSPS) is 12.9. The summed E-state index contributed by atoms with van der Waals surface area (Å²) < 4.78 is 16.8. The third kappa shape index (κ3) is 60.6. The smallest absolute Gasteiger partial charge is 0.306 e. The number of esters is 3. The van der Waals surface area contributed by atoms with Crippen molar-refractivity contribution in [3.63, 3.8) is 0 Å². The number of allylic oxidation sites excluding steroid dienone is 20. The van der Waals surface area contributed by atoms with Gasteiger partial charge in [-0.2, -0.15) is 0 Å². The maximum Gasteiger partial charge on any atom is 0.306 e. The summed E-state index contributed by atoms with van der Waals surface area (Å²) in [4.78, 5) is 38.1. The fourth-order valence-electron chi connectivity index (χ4n) is 8.31. The van der Waals surface area contributed by atoms with Crippen molar-refractivity contribution in [1.82, 2.24) is 0 Å². The van der Waals surface area contributed by atoms with E-state index in [4.69, 9.17) is 14.2 Å². The molecule has 1 unspecified atom stereocenters. The van der Waals surface area contributed by atoms with Crippen LogP contribution < -0.4 is 0 Å².